The number of benzene rings is 1. The third-order valence-corrected chi connectivity index (χ3v) is 7.12. The van der Waals surface area contributed by atoms with Gasteiger partial charge in [-0.2, -0.15) is 0 Å². The second-order valence-corrected chi connectivity index (χ2v) is 9.52. The summed E-state index contributed by atoms with van der Waals surface area (Å²) in [5, 5.41) is 0. The van der Waals surface area contributed by atoms with Crippen LogP contribution in [0.5, 0.6) is 0 Å². The van der Waals surface area contributed by atoms with E-state index in [4.69, 9.17) is 0 Å². The normalized spacial score (nSPS) is 18.5. The molecule has 0 bridgehead atoms. The van der Waals surface area contributed by atoms with E-state index in [1.165, 1.54) is 0 Å². The molecular formula is C16H27BrN4O2S. The fourth-order valence-corrected chi connectivity index (χ4v) is 3.81. The topological polar surface area (TPSA) is 55.9 Å². The summed E-state index contributed by atoms with van der Waals surface area (Å²) in [6.45, 7) is 4.26. The lowest BCUT2D eigenvalue weighted by Crippen LogP contribution is -2.48. The highest BCUT2D eigenvalue weighted by Gasteiger charge is 2.25. The van der Waals surface area contributed by atoms with Crippen LogP contribution in [-0.4, -0.2) is 76.7 Å². The third kappa shape index (κ3) is 5.42. The van der Waals surface area contributed by atoms with Gasteiger partial charge in [-0.3, -0.25) is 4.90 Å². The van der Waals surface area contributed by atoms with Gasteiger partial charge in [0.2, 0.25) is 10.0 Å². The number of likely N-dealkylation sites (N-methyl/N-ethyl adjacent to an activating group) is 1. The van der Waals surface area contributed by atoms with Crippen molar-refractivity contribution in [3.8, 4) is 0 Å². The molecular weight excluding hydrogens is 392 g/mol. The Morgan fingerprint density at radius 1 is 1.17 bits per heavy atom. The van der Waals surface area contributed by atoms with Gasteiger partial charge in [0, 0.05) is 58.5 Å². The number of anilines is 1. The maximum atomic E-state index is 11.8. The minimum atomic E-state index is -3.27. The van der Waals surface area contributed by atoms with E-state index in [0.29, 0.717) is 6.54 Å². The molecule has 24 heavy (non-hydrogen) atoms. The number of hydrogen-bond donors (Lipinski definition) is 1. The number of piperazine rings is 1. The maximum Gasteiger partial charge on any atom is 0.221 e. The first kappa shape index (κ1) is 19.7. The van der Waals surface area contributed by atoms with Gasteiger partial charge in [0.25, 0.3) is 0 Å². The molecule has 1 aromatic rings. The van der Waals surface area contributed by atoms with Gasteiger partial charge >= 0.3 is 0 Å². The van der Waals surface area contributed by atoms with Crippen molar-refractivity contribution in [1.29, 1.82) is 0 Å². The zero-order valence-electron chi connectivity index (χ0n) is 14.6. The van der Waals surface area contributed by atoms with Gasteiger partial charge in [0.05, 0.1) is 0 Å². The van der Waals surface area contributed by atoms with Crippen molar-refractivity contribution in [3.63, 3.8) is 0 Å². The van der Waals surface area contributed by atoms with Crippen LogP contribution in [0.25, 0.3) is 0 Å². The Bertz CT molecular complexity index is 613. The van der Waals surface area contributed by atoms with E-state index in [2.05, 4.69) is 66.7 Å². The molecule has 1 aliphatic heterocycles. The number of hydrogen-bond acceptors (Lipinski definition) is 5. The Labute approximate surface area is 154 Å². The number of nitrogens with one attached hydrogen (secondary N) is 1. The Hall–Kier alpha value is -0.670. The molecule has 0 aromatic heterocycles. The zero-order chi connectivity index (χ0) is 17.7. The summed E-state index contributed by atoms with van der Waals surface area (Å²) in [7, 11) is 2.87. The summed E-state index contributed by atoms with van der Waals surface area (Å²) in [5.74, 6) is 0. The van der Waals surface area contributed by atoms with Crippen LogP contribution in [0.1, 0.15) is 11.6 Å². The molecule has 1 heterocycles. The van der Waals surface area contributed by atoms with Gasteiger partial charge in [0.1, 0.15) is 4.66 Å². The summed E-state index contributed by atoms with van der Waals surface area (Å²) >= 11 is 3.03. The van der Waals surface area contributed by atoms with Gasteiger partial charge in [-0.15, -0.1) is 0 Å². The molecule has 1 aliphatic rings. The molecule has 136 valence electrons. The first-order chi connectivity index (χ1) is 11.3. The summed E-state index contributed by atoms with van der Waals surface area (Å²) in [6, 6.07) is 8.40. The van der Waals surface area contributed by atoms with Crippen LogP contribution in [0.15, 0.2) is 24.3 Å². The average molecular weight is 419 g/mol. The molecule has 1 fully saturated rings. The second-order valence-electron chi connectivity index (χ2n) is 6.41. The SMILES string of the molecule is CN1CCN([C@H](CNS(=O)(=O)CBr)c2ccc(N(C)C)cc2)CC1. The highest BCUT2D eigenvalue weighted by atomic mass is 79.9. The molecule has 0 spiro atoms. The molecule has 1 aromatic carbocycles. The van der Waals surface area contributed by atoms with E-state index in [1.807, 2.05) is 14.1 Å². The quantitative estimate of drug-likeness (QED) is 0.676. The molecule has 6 nitrogen and oxygen atoms in total. The number of rotatable bonds is 7. The van der Waals surface area contributed by atoms with Crippen molar-refractivity contribution in [1.82, 2.24) is 14.5 Å². The largest absolute Gasteiger partial charge is 0.378 e. The molecule has 0 amide bonds. The van der Waals surface area contributed by atoms with Gasteiger partial charge in [0.15, 0.2) is 0 Å². The summed E-state index contributed by atoms with van der Waals surface area (Å²) < 4.78 is 26.3. The summed E-state index contributed by atoms with van der Waals surface area (Å²) in [6.07, 6.45) is 0. The van der Waals surface area contributed by atoms with E-state index >= 15 is 0 Å². The van der Waals surface area contributed by atoms with Crippen LogP contribution in [0, 0.1) is 0 Å². The Kier molecular flexibility index (Phi) is 7.06. The van der Waals surface area contributed by atoms with Crippen LogP contribution < -0.4 is 9.62 Å². The highest BCUT2D eigenvalue weighted by molar-refractivity contribution is 9.10. The van der Waals surface area contributed by atoms with Gasteiger partial charge in [-0.25, -0.2) is 13.1 Å². The van der Waals surface area contributed by atoms with Gasteiger partial charge in [-0.05, 0) is 24.7 Å². The van der Waals surface area contributed by atoms with Gasteiger partial charge < -0.3 is 9.80 Å². The lowest BCUT2D eigenvalue weighted by Gasteiger charge is -2.38. The van der Waals surface area contributed by atoms with Crippen LogP contribution in [0.2, 0.25) is 0 Å². The molecule has 8 heteroatoms. The number of sulfonamides is 1. The van der Waals surface area contributed by atoms with Crippen molar-refractivity contribution in [2.45, 2.75) is 6.04 Å². The van der Waals surface area contributed by atoms with Crippen LogP contribution in [0.3, 0.4) is 0 Å². The fraction of sp³-hybridized carbons (Fsp3) is 0.625. The summed E-state index contributed by atoms with van der Waals surface area (Å²) in [4.78, 5) is 6.72. The van der Waals surface area contributed by atoms with Crippen molar-refractivity contribution < 1.29 is 8.42 Å². The number of alkyl halides is 1. The van der Waals surface area contributed by atoms with Crippen molar-refractivity contribution >= 4 is 31.6 Å². The second kappa shape index (κ2) is 8.62. The van der Waals surface area contributed by atoms with E-state index in [9.17, 15) is 8.42 Å². The van der Waals surface area contributed by atoms with E-state index in [0.717, 1.165) is 37.4 Å². The molecule has 2 rings (SSSR count). The average Bonchev–Trinajstić information content (AvgIpc) is 2.57. The van der Waals surface area contributed by atoms with Crippen molar-refractivity contribution in [3.05, 3.63) is 29.8 Å². The predicted octanol–water partition coefficient (Wildman–Crippen LogP) is 1.31. The van der Waals surface area contributed by atoms with Crippen LogP contribution in [-0.2, 0) is 10.0 Å². The molecule has 0 unspecified atom stereocenters. The lowest BCUT2D eigenvalue weighted by atomic mass is 10.0. The fourth-order valence-electron chi connectivity index (χ4n) is 2.83. The molecule has 1 saturated heterocycles. The summed E-state index contributed by atoms with van der Waals surface area (Å²) in [5.41, 5.74) is 2.28. The maximum absolute atomic E-state index is 11.8. The van der Waals surface area contributed by atoms with Crippen molar-refractivity contribution in [2.75, 3.05) is 63.4 Å². The molecule has 0 radical (unpaired) electrons. The first-order valence-corrected chi connectivity index (χ1v) is 10.8. The Morgan fingerprint density at radius 2 is 1.75 bits per heavy atom. The highest BCUT2D eigenvalue weighted by Crippen LogP contribution is 2.24. The van der Waals surface area contributed by atoms with Gasteiger partial charge in [-0.1, -0.05) is 28.1 Å². The molecule has 0 aliphatic carbocycles. The minimum Gasteiger partial charge on any atom is -0.378 e. The first-order valence-electron chi connectivity index (χ1n) is 8.05. The molecule has 1 N–H and O–H groups in total. The van der Waals surface area contributed by atoms with E-state index in [1.54, 1.807) is 0 Å². The van der Waals surface area contributed by atoms with Crippen LogP contribution >= 0.6 is 15.9 Å². The number of nitrogens with zero attached hydrogens (tertiary/aromatic N) is 3. The predicted molar refractivity (Wildman–Crippen MR) is 103 cm³/mol. The van der Waals surface area contributed by atoms with E-state index in [-0.39, 0.29) is 10.7 Å². The van der Waals surface area contributed by atoms with Crippen LogP contribution in [0.4, 0.5) is 5.69 Å². The zero-order valence-corrected chi connectivity index (χ0v) is 17.0. The molecule has 0 saturated carbocycles. The Morgan fingerprint density at radius 3 is 2.25 bits per heavy atom. The van der Waals surface area contributed by atoms with Crippen molar-refractivity contribution in [2.24, 2.45) is 0 Å². The molecule has 1 atom stereocenters. The monoisotopic (exact) mass is 418 g/mol. The smallest absolute Gasteiger partial charge is 0.221 e. The Balaban J connectivity index is 2.18. The third-order valence-electron chi connectivity index (χ3n) is 4.41. The standard InChI is InChI=1S/C16H27BrN4O2S/c1-19(2)15-6-4-14(5-7-15)16(12-18-24(22,23)13-17)21-10-8-20(3)9-11-21/h4-7,16,18H,8-13H2,1-3H3/t16-/m1/s1. The lowest BCUT2D eigenvalue weighted by molar-refractivity contribution is 0.113. The van der Waals surface area contributed by atoms with E-state index < -0.39 is 10.0 Å². The number of halogens is 1. The minimum absolute atomic E-state index is 0.0451.